The third-order valence-corrected chi connectivity index (χ3v) is 3.88. The van der Waals surface area contributed by atoms with Crippen molar-refractivity contribution in [2.45, 2.75) is 32.6 Å². The van der Waals surface area contributed by atoms with Gasteiger partial charge in [0.2, 0.25) is 5.91 Å². The summed E-state index contributed by atoms with van der Waals surface area (Å²) in [4.78, 5) is 23.4. The first kappa shape index (κ1) is 14.4. The summed E-state index contributed by atoms with van der Waals surface area (Å²) in [5.41, 5.74) is 1.25. The zero-order valence-corrected chi connectivity index (χ0v) is 11.4. The van der Waals surface area contributed by atoms with E-state index in [0.717, 1.165) is 12.8 Å². The second-order valence-electron chi connectivity index (χ2n) is 5.33. The third kappa shape index (κ3) is 3.10. The zero-order valence-electron chi connectivity index (χ0n) is 11.4. The molecule has 5 heteroatoms. The molecule has 0 saturated heterocycles. The fourth-order valence-corrected chi connectivity index (χ4v) is 2.71. The number of phenols is 1. The van der Waals surface area contributed by atoms with Gasteiger partial charge in [-0.3, -0.25) is 9.59 Å². The highest BCUT2D eigenvalue weighted by Gasteiger charge is 2.35. The van der Waals surface area contributed by atoms with Gasteiger partial charge in [-0.05, 0) is 43.5 Å². The van der Waals surface area contributed by atoms with Gasteiger partial charge in [0.05, 0.1) is 11.8 Å². The summed E-state index contributed by atoms with van der Waals surface area (Å²) >= 11 is 0. The van der Waals surface area contributed by atoms with Gasteiger partial charge in [0, 0.05) is 5.69 Å². The highest BCUT2D eigenvalue weighted by Crippen LogP contribution is 2.31. The topological polar surface area (TPSA) is 86.6 Å². The maximum atomic E-state index is 12.2. The van der Waals surface area contributed by atoms with E-state index < -0.39 is 17.8 Å². The monoisotopic (exact) mass is 277 g/mol. The van der Waals surface area contributed by atoms with Crippen LogP contribution in [0.2, 0.25) is 0 Å². The van der Waals surface area contributed by atoms with Crippen molar-refractivity contribution in [1.29, 1.82) is 0 Å². The minimum Gasteiger partial charge on any atom is -0.508 e. The van der Waals surface area contributed by atoms with Gasteiger partial charge >= 0.3 is 5.97 Å². The number of hydrogen-bond acceptors (Lipinski definition) is 3. The summed E-state index contributed by atoms with van der Waals surface area (Å²) in [5, 5.41) is 21.4. The molecule has 1 saturated carbocycles. The smallest absolute Gasteiger partial charge is 0.307 e. The lowest BCUT2D eigenvalue weighted by Gasteiger charge is -2.27. The van der Waals surface area contributed by atoms with Crippen molar-refractivity contribution in [2.75, 3.05) is 5.32 Å². The zero-order chi connectivity index (χ0) is 14.7. The van der Waals surface area contributed by atoms with Crippen molar-refractivity contribution >= 4 is 17.6 Å². The minimum absolute atomic E-state index is 0.170. The molecule has 0 aromatic heterocycles. The second-order valence-corrected chi connectivity index (χ2v) is 5.33. The van der Waals surface area contributed by atoms with Gasteiger partial charge in [0.1, 0.15) is 5.75 Å². The average Bonchev–Trinajstić information content (AvgIpc) is 2.43. The predicted molar refractivity (Wildman–Crippen MR) is 74.6 cm³/mol. The molecule has 2 atom stereocenters. The van der Waals surface area contributed by atoms with Crippen molar-refractivity contribution in [3.05, 3.63) is 23.8 Å². The molecule has 1 aliphatic carbocycles. The number of hydrogen-bond donors (Lipinski definition) is 3. The Hall–Kier alpha value is -2.04. The first-order valence-corrected chi connectivity index (χ1v) is 6.82. The number of carboxylic acid groups (broad SMARTS) is 1. The SMILES string of the molecule is Cc1cc(NC(=O)C2CCCCC2C(=O)O)ccc1O. The molecule has 0 spiro atoms. The summed E-state index contributed by atoms with van der Waals surface area (Å²) < 4.78 is 0. The van der Waals surface area contributed by atoms with E-state index in [1.165, 1.54) is 6.07 Å². The number of carboxylic acids is 1. The lowest BCUT2D eigenvalue weighted by Crippen LogP contribution is -2.36. The van der Waals surface area contributed by atoms with Gasteiger partial charge in [0.25, 0.3) is 0 Å². The van der Waals surface area contributed by atoms with Crippen LogP contribution in [0.15, 0.2) is 18.2 Å². The van der Waals surface area contributed by atoms with E-state index in [2.05, 4.69) is 5.32 Å². The van der Waals surface area contributed by atoms with Crippen molar-refractivity contribution in [1.82, 2.24) is 0 Å². The van der Waals surface area contributed by atoms with Crippen molar-refractivity contribution in [2.24, 2.45) is 11.8 Å². The van der Waals surface area contributed by atoms with E-state index in [4.69, 9.17) is 0 Å². The van der Waals surface area contributed by atoms with E-state index in [1.807, 2.05) is 0 Å². The van der Waals surface area contributed by atoms with Crippen LogP contribution in [0.4, 0.5) is 5.69 Å². The first-order valence-electron chi connectivity index (χ1n) is 6.82. The summed E-state index contributed by atoms with van der Waals surface area (Å²) in [6, 6.07) is 4.80. The number of anilines is 1. The molecule has 0 radical (unpaired) electrons. The number of carbonyl (C=O) groups excluding carboxylic acids is 1. The maximum Gasteiger partial charge on any atom is 0.307 e. The minimum atomic E-state index is -0.897. The Morgan fingerprint density at radius 1 is 1.20 bits per heavy atom. The molecule has 0 heterocycles. The van der Waals surface area contributed by atoms with Gasteiger partial charge in [-0.1, -0.05) is 12.8 Å². The van der Waals surface area contributed by atoms with Crippen molar-refractivity contribution < 1.29 is 19.8 Å². The van der Waals surface area contributed by atoms with E-state index >= 15 is 0 Å². The number of amides is 1. The number of aromatic hydroxyl groups is 1. The number of aliphatic carboxylic acids is 1. The van der Waals surface area contributed by atoms with Crippen LogP contribution in [0.1, 0.15) is 31.2 Å². The number of carbonyl (C=O) groups is 2. The van der Waals surface area contributed by atoms with Gasteiger partial charge in [-0.25, -0.2) is 0 Å². The standard InChI is InChI=1S/C15H19NO4/c1-9-8-10(6-7-13(9)17)16-14(18)11-4-2-3-5-12(11)15(19)20/h6-8,11-12,17H,2-5H2,1H3,(H,16,18)(H,19,20). The van der Waals surface area contributed by atoms with Crippen LogP contribution < -0.4 is 5.32 Å². The number of rotatable bonds is 3. The van der Waals surface area contributed by atoms with E-state index in [-0.39, 0.29) is 11.7 Å². The molecule has 3 N–H and O–H groups in total. The fraction of sp³-hybridized carbons (Fsp3) is 0.467. The van der Waals surface area contributed by atoms with Crippen LogP contribution in [-0.2, 0) is 9.59 Å². The number of phenolic OH excluding ortho intramolecular Hbond substituents is 1. The molecule has 1 fully saturated rings. The van der Waals surface area contributed by atoms with E-state index in [9.17, 15) is 19.8 Å². The lowest BCUT2D eigenvalue weighted by atomic mass is 9.78. The highest BCUT2D eigenvalue weighted by atomic mass is 16.4. The van der Waals surface area contributed by atoms with Gasteiger partial charge in [-0.15, -0.1) is 0 Å². The average molecular weight is 277 g/mol. The van der Waals surface area contributed by atoms with E-state index in [1.54, 1.807) is 19.1 Å². The van der Waals surface area contributed by atoms with Gasteiger partial charge < -0.3 is 15.5 Å². The molecular weight excluding hydrogens is 258 g/mol. The van der Waals surface area contributed by atoms with Crippen molar-refractivity contribution in [3.63, 3.8) is 0 Å². The molecule has 1 aliphatic rings. The molecule has 0 aliphatic heterocycles. The van der Waals surface area contributed by atoms with Crippen LogP contribution in [0.3, 0.4) is 0 Å². The summed E-state index contributed by atoms with van der Waals surface area (Å²) in [5.74, 6) is -2.05. The molecule has 2 unspecified atom stereocenters. The normalized spacial score (nSPS) is 22.2. The lowest BCUT2D eigenvalue weighted by molar-refractivity contribution is -0.147. The number of nitrogens with one attached hydrogen (secondary N) is 1. The molecule has 2 rings (SSSR count). The highest BCUT2D eigenvalue weighted by molar-refractivity contribution is 5.95. The molecule has 20 heavy (non-hydrogen) atoms. The first-order chi connectivity index (χ1) is 9.49. The molecule has 108 valence electrons. The number of aryl methyl sites for hydroxylation is 1. The molecule has 5 nitrogen and oxygen atoms in total. The quantitative estimate of drug-likeness (QED) is 0.741. The molecule has 0 bridgehead atoms. The van der Waals surface area contributed by atoms with E-state index in [0.29, 0.717) is 24.1 Å². The van der Waals surface area contributed by atoms with Crippen LogP contribution in [0.25, 0.3) is 0 Å². The molecular formula is C15H19NO4. The van der Waals surface area contributed by atoms with Crippen molar-refractivity contribution in [3.8, 4) is 5.75 Å². The van der Waals surface area contributed by atoms with Crippen LogP contribution in [-0.4, -0.2) is 22.1 Å². The largest absolute Gasteiger partial charge is 0.508 e. The van der Waals surface area contributed by atoms with Crippen LogP contribution in [0, 0.1) is 18.8 Å². The van der Waals surface area contributed by atoms with Crippen LogP contribution >= 0.6 is 0 Å². The van der Waals surface area contributed by atoms with Gasteiger partial charge in [0.15, 0.2) is 0 Å². The molecule has 1 amide bonds. The molecule has 1 aromatic rings. The number of benzene rings is 1. The fourth-order valence-electron chi connectivity index (χ4n) is 2.71. The van der Waals surface area contributed by atoms with Crippen LogP contribution in [0.5, 0.6) is 5.75 Å². The Bertz CT molecular complexity index is 527. The Balaban J connectivity index is 2.09. The maximum absolute atomic E-state index is 12.2. The molecule has 1 aromatic carbocycles. The third-order valence-electron chi connectivity index (χ3n) is 3.88. The Kier molecular flexibility index (Phi) is 4.27. The predicted octanol–water partition coefficient (Wildman–Crippen LogP) is 2.53. The summed E-state index contributed by atoms with van der Waals surface area (Å²) in [6.45, 7) is 1.74. The summed E-state index contributed by atoms with van der Waals surface area (Å²) in [6.07, 6.45) is 2.91. The summed E-state index contributed by atoms with van der Waals surface area (Å²) in [7, 11) is 0. The Morgan fingerprint density at radius 3 is 2.45 bits per heavy atom. The van der Waals surface area contributed by atoms with Gasteiger partial charge in [-0.2, -0.15) is 0 Å². The Morgan fingerprint density at radius 2 is 1.85 bits per heavy atom. The Labute approximate surface area is 117 Å². The second kappa shape index (κ2) is 5.94.